The number of carboxylic acid groups (broad SMARTS) is 1. The summed E-state index contributed by atoms with van der Waals surface area (Å²) in [5, 5.41) is 9.47. The second-order valence-corrected chi connectivity index (χ2v) is 6.54. The molecule has 0 aromatic heterocycles. The number of benzene rings is 2. The first-order chi connectivity index (χ1) is 12.4. The van der Waals surface area contributed by atoms with Crippen LogP contribution in [0.25, 0.3) is 0 Å². The van der Waals surface area contributed by atoms with E-state index in [4.69, 9.17) is 4.74 Å². The van der Waals surface area contributed by atoms with E-state index in [9.17, 15) is 18.7 Å². The highest BCUT2D eigenvalue weighted by molar-refractivity contribution is 5.91. The number of carbonyl (C=O) groups is 1. The highest BCUT2D eigenvalue weighted by atomic mass is 35.5. The predicted molar refractivity (Wildman–Crippen MR) is 101 cm³/mol. The topological polar surface area (TPSA) is 49.8 Å². The molecule has 4 nitrogen and oxygen atoms in total. The maximum atomic E-state index is 13.2. The second kappa shape index (κ2) is 9.15. The zero-order chi connectivity index (χ0) is 18.6. The third-order valence-corrected chi connectivity index (χ3v) is 4.51. The van der Waals surface area contributed by atoms with Crippen LogP contribution in [0.1, 0.15) is 34.3 Å². The number of hydrogen-bond donors (Lipinski definition) is 1. The minimum absolute atomic E-state index is 0. The lowest BCUT2D eigenvalue weighted by Gasteiger charge is -2.31. The number of carboxylic acids is 1. The first-order valence-corrected chi connectivity index (χ1v) is 8.56. The van der Waals surface area contributed by atoms with Gasteiger partial charge in [-0.2, -0.15) is 0 Å². The Morgan fingerprint density at radius 3 is 2.37 bits per heavy atom. The van der Waals surface area contributed by atoms with E-state index >= 15 is 0 Å². The fourth-order valence-corrected chi connectivity index (χ4v) is 3.00. The third-order valence-electron chi connectivity index (χ3n) is 4.51. The molecule has 0 radical (unpaired) electrons. The van der Waals surface area contributed by atoms with Crippen molar-refractivity contribution in [1.29, 1.82) is 0 Å². The molecule has 1 heterocycles. The standard InChI is InChI=1S/C20H21F2NO3.ClH/c21-20(22)8-10-23(11-9-20)13-16-6-7-18(17(12-16)19(24)25)26-14-15-4-2-1-3-5-15;/h1-7,12H,8-11,13-14H2,(H,24,25);1H. The Labute approximate surface area is 163 Å². The lowest BCUT2D eigenvalue weighted by Crippen LogP contribution is -2.38. The number of ether oxygens (including phenoxy) is 1. The van der Waals surface area contributed by atoms with Gasteiger partial charge in [0.05, 0.1) is 0 Å². The van der Waals surface area contributed by atoms with Crippen LogP contribution in [0.3, 0.4) is 0 Å². The van der Waals surface area contributed by atoms with Crippen LogP contribution in [0.15, 0.2) is 48.5 Å². The molecule has 2 aromatic rings. The Morgan fingerprint density at radius 1 is 1.07 bits per heavy atom. The van der Waals surface area contributed by atoms with E-state index in [1.54, 1.807) is 18.2 Å². The minimum Gasteiger partial charge on any atom is -0.488 e. The molecule has 0 atom stereocenters. The molecule has 1 N–H and O–H groups in total. The van der Waals surface area contributed by atoms with Gasteiger partial charge in [-0.1, -0.05) is 36.4 Å². The number of hydrogen-bond acceptors (Lipinski definition) is 3. The van der Waals surface area contributed by atoms with Gasteiger partial charge < -0.3 is 9.84 Å². The van der Waals surface area contributed by atoms with Gasteiger partial charge in [0, 0.05) is 32.5 Å². The van der Waals surface area contributed by atoms with E-state index in [1.165, 1.54) is 0 Å². The van der Waals surface area contributed by atoms with Gasteiger partial charge >= 0.3 is 5.97 Å². The molecule has 146 valence electrons. The van der Waals surface area contributed by atoms with Crippen LogP contribution in [0, 0.1) is 0 Å². The van der Waals surface area contributed by atoms with Crippen LogP contribution in [0.2, 0.25) is 0 Å². The Kier molecular flexibility index (Phi) is 7.16. The van der Waals surface area contributed by atoms with Crippen LogP contribution in [0.5, 0.6) is 5.75 Å². The number of alkyl halides is 2. The molecule has 0 unspecified atom stereocenters. The number of halogens is 3. The zero-order valence-electron chi connectivity index (χ0n) is 14.7. The predicted octanol–water partition coefficient (Wildman–Crippen LogP) is 4.62. The fraction of sp³-hybridized carbons (Fsp3) is 0.350. The van der Waals surface area contributed by atoms with Crippen molar-refractivity contribution in [3.05, 3.63) is 65.2 Å². The maximum absolute atomic E-state index is 13.2. The van der Waals surface area contributed by atoms with Gasteiger partial charge in [0.1, 0.15) is 17.9 Å². The summed E-state index contributed by atoms with van der Waals surface area (Å²) in [4.78, 5) is 13.5. The Bertz CT molecular complexity index is 761. The van der Waals surface area contributed by atoms with Gasteiger partial charge in [0.15, 0.2) is 0 Å². The molecule has 1 aliphatic rings. The minimum atomic E-state index is -2.59. The third kappa shape index (κ3) is 5.91. The van der Waals surface area contributed by atoms with Crippen molar-refractivity contribution >= 4 is 18.4 Å². The average molecular weight is 398 g/mol. The first kappa shape index (κ1) is 21.1. The van der Waals surface area contributed by atoms with Crippen molar-refractivity contribution < 1.29 is 23.4 Å². The summed E-state index contributed by atoms with van der Waals surface area (Å²) in [6.45, 7) is 1.35. The summed E-state index contributed by atoms with van der Waals surface area (Å²) in [5.41, 5.74) is 1.81. The molecular weight excluding hydrogens is 376 g/mol. The fourth-order valence-electron chi connectivity index (χ4n) is 3.00. The van der Waals surface area contributed by atoms with Crippen LogP contribution >= 0.6 is 12.4 Å². The number of piperidine rings is 1. The molecule has 3 rings (SSSR count). The van der Waals surface area contributed by atoms with E-state index in [2.05, 4.69) is 0 Å². The number of aromatic carboxylic acids is 1. The van der Waals surface area contributed by atoms with Crippen molar-refractivity contribution in [2.24, 2.45) is 0 Å². The molecule has 1 saturated heterocycles. The summed E-state index contributed by atoms with van der Waals surface area (Å²) in [6, 6.07) is 14.5. The van der Waals surface area contributed by atoms with E-state index in [0.717, 1.165) is 11.1 Å². The Morgan fingerprint density at radius 2 is 1.74 bits per heavy atom. The van der Waals surface area contributed by atoms with Gasteiger partial charge in [-0.15, -0.1) is 12.4 Å². The first-order valence-electron chi connectivity index (χ1n) is 8.56. The molecule has 0 amide bonds. The van der Waals surface area contributed by atoms with Crippen molar-refractivity contribution in [2.45, 2.75) is 31.9 Å². The lowest BCUT2D eigenvalue weighted by atomic mass is 10.0. The van der Waals surface area contributed by atoms with E-state index in [1.807, 2.05) is 35.2 Å². The molecular formula is C20H22ClF2NO3. The van der Waals surface area contributed by atoms with Crippen LogP contribution in [-0.4, -0.2) is 35.0 Å². The van der Waals surface area contributed by atoms with Gasteiger partial charge in [-0.05, 0) is 23.3 Å². The number of nitrogens with zero attached hydrogens (tertiary/aromatic N) is 1. The molecule has 1 fully saturated rings. The highest BCUT2D eigenvalue weighted by Crippen LogP contribution is 2.29. The van der Waals surface area contributed by atoms with Gasteiger partial charge in [-0.3, -0.25) is 4.90 Å². The Balaban J connectivity index is 0.00000261. The van der Waals surface area contributed by atoms with E-state index in [-0.39, 0.29) is 37.4 Å². The molecule has 0 spiro atoms. The zero-order valence-corrected chi connectivity index (χ0v) is 15.6. The SMILES string of the molecule is Cl.O=C(O)c1cc(CN2CCC(F)(F)CC2)ccc1OCc1ccccc1. The summed E-state index contributed by atoms with van der Waals surface area (Å²) >= 11 is 0. The smallest absolute Gasteiger partial charge is 0.339 e. The molecule has 27 heavy (non-hydrogen) atoms. The summed E-state index contributed by atoms with van der Waals surface area (Å²) in [6.07, 6.45) is -0.311. The highest BCUT2D eigenvalue weighted by Gasteiger charge is 2.33. The van der Waals surface area contributed by atoms with Crippen LogP contribution in [-0.2, 0) is 13.2 Å². The normalized spacial score (nSPS) is 16.4. The molecule has 1 aliphatic heterocycles. The second-order valence-electron chi connectivity index (χ2n) is 6.54. The Hall–Kier alpha value is -2.18. The summed E-state index contributed by atoms with van der Waals surface area (Å²) < 4.78 is 32.1. The van der Waals surface area contributed by atoms with Crippen LogP contribution < -0.4 is 4.74 Å². The largest absolute Gasteiger partial charge is 0.488 e. The quantitative estimate of drug-likeness (QED) is 0.772. The monoisotopic (exact) mass is 397 g/mol. The average Bonchev–Trinajstić information content (AvgIpc) is 2.63. The van der Waals surface area contributed by atoms with E-state index < -0.39 is 11.9 Å². The van der Waals surface area contributed by atoms with E-state index in [0.29, 0.717) is 25.4 Å². The molecule has 0 aliphatic carbocycles. The van der Waals surface area contributed by atoms with Gasteiger partial charge in [0.25, 0.3) is 5.92 Å². The number of rotatable bonds is 6. The molecule has 7 heteroatoms. The molecule has 2 aromatic carbocycles. The van der Waals surface area contributed by atoms with Crippen molar-refractivity contribution in [1.82, 2.24) is 4.90 Å². The van der Waals surface area contributed by atoms with Crippen LogP contribution in [0.4, 0.5) is 8.78 Å². The van der Waals surface area contributed by atoms with Crippen molar-refractivity contribution in [2.75, 3.05) is 13.1 Å². The summed E-state index contributed by atoms with van der Waals surface area (Å²) in [7, 11) is 0. The summed E-state index contributed by atoms with van der Waals surface area (Å²) in [5.74, 6) is -3.35. The lowest BCUT2D eigenvalue weighted by molar-refractivity contribution is -0.0566. The van der Waals surface area contributed by atoms with Gasteiger partial charge in [0.2, 0.25) is 0 Å². The van der Waals surface area contributed by atoms with Crippen molar-refractivity contribution in [3.8, 4) is 5.75 Å². The number of likely N-dealkylation sites (tertiary alicyclic amines) is 1. The van der Waals surface area contributed by atoms with Gasteiger partial charge in [-0.25, -0.2) is 13.6 Å². The molecule has 0 saturated carbocycles. The molecule has 0 bridgehead atoms. The maximum Gasteiger partial charge on any atom is 0.339 e. The van der Waals surface area contributed by atoms with Crippen molar-refractivity contribution in [3.63, 3.8) is 0 Å².